The Labute approximate surface area is 115 Å². The van der Waals surface area contributed by atoms with Gasteiger partial charge < -0.3 is 20.4 Å². The van der Waals surface area contributed by atoms with Crippen molar-refractivity contribution in [3.63, 3.8) is 0 Å². The number of carbonyl (C=O) groups is 2. The molecule has 3 N–H and O–H groups in total. The fraction of sp³-hybridized carbons (Fsp3) is 0.500. The standard InChI is InChI=1S/C12H16N4O4/c17-5-4-16-3-1-2-8(11(16)18)15-10-7-13-9(6-14-10)12(19)20/h6-8,17H,1-5H2,(H,14,15)(H,19,20). The number of likely N-dealkylation sites (tertiary alicyclic amines) is 1. The summed E-state index contributed by atoms with van der Waals surface area (Å²) in [6, 6.07) is -0.416. The summed E-state index contributed by atoms with van der Waals surface area (Å²) in [5, 5.41) is 20.6. The number of aromatic carboxylic acids is 1. The number of aliphatic hydroxyl groups excluding tert-OH is 1. The van der Waals surface area contributed by atoms with Crippen LogP contribution in [0.15, 0.2) is 12.4 Å². The number of carboxylic acids is 1. The molecule has 20 heavy (non-hydrogen) atoms. The average Bonchev–Trinajstić information content (AvgIpc) is 2.44. The number of β-amino-alcohol motifs (C(OH)–C–C–N with tert-alkyl or cyclic N) is 1. The van der Waals surface area contributed by atoms with E-state index < -0.39 is 12.0 Å². The molecule has 0 aromatic carbocycles. The Hall–Kier alpha value is -2.22. The van der Waals surface area contributed by atoms with Crippen LogP contribution in [-0.4, -0.2) is 62.7 Å². The van der Waals surface area contributed by atoms with Gasteiger partial charge in [0.05, 0.1) is 19.0 Å². The quantitative estimate of drug-likeness (QED) is 0.670. The zero-order valence-electron chi connectivity index (χ0n) is 10.8. The normalized spacial score (nSPS) is 18.9. The van der Waals surface area contributed by atoms with Crippen LogP contribution >= 0.6 is 0 Å². The van der Waals surface area contributed by atoms with Crippen LogP contribution in [0.5, 0.6) is 0 Å². The van der Waals surface area contributed by atoms with Crippen molar-refractivity contribution in [1.29, 1.82) is 0 Å². The van der Waals surface area contributed by atoms with Crippen LogP contribution in [0.4, 0.5) is 5.82 Å². The number of aromatic nitrogens is 2. The highest BCUT2D eigenvalue weighted by molar-refractivity contribution is 5.86. The van der Waals surface area contributed by atoms with Crippen LogP contribution < -0.4 is 5.32 Å². The predicted molar refractivity (Wildman–Crippen MR) is 69.3 cm³/mol. The Balaban J connectivity index is 2.01. The first-order valence-corrected chi connectivity index (χ1v) is 6.33. The minimum Gasteiger partial charge on any atom is -0.476 e. The second kappa shape index (κ2) is 6.29. The Bertz CT molecular complexity index is 489. The average molecular weight is 280 g/mol. The summed E-state index contributed by atoms with van der Waals surface area (Å²) < 4.78 is 0. The highest BCUT2D eigenvalue weighted by atomic mass is 16.4. The number of nitrogens with one attached hydrogen (secondary N) is 1. The van der Waals surface area contributed by atoms with Gasteiger partial charge in [-0.3, -0.25) is 4.79 Å². The van der Waals surface area contributed by atoms with Gasteiger partial charge in [-0.25, -0.2) is 14.8 Å². The summed E-state index contributed by atoms with van der Waals surface area (Å²) in [6.07, 6.45) is 3.94. The summed E-state index contributed by atoms with van der Waals surface area (Å²) in [6.45, 7) is 0.896. The SMILES string of the molecule is O=C(O)c1cnc(NC2CCCN(CCO)C2=O)cn1. The molecule has 1 aliphatic heterocycles. The minimum atomic E-state index is -1.15. The van der Waals surface area contributed by atoms with Gasteiger partial charge in [0.1, 0.15) is 11.9 Å². The van der Waals surface area contributed by atoms with Crippen molar-refractivity contribution >= 4 is 17.7 Å². The van der Waals surface area contributed by atoms with Gasteiger partial charge in [-0.2, -0.15) is 0 Å². The summed E-state index contributed by atoms with van der Waals surface area (Å²) in [5.41, 5.74) is -0.146. The number of hydrogen-bond acceptors (Lipinski definition) is 6. The molecule has 1 aromatic rings. The van der Waals surface area contributed by atoms with Crippen molar-refractivity contribution in [2.75, 3.05) is 25.0 Å². The second-order valence-electron chi connectivity index (χ2n) is 4.48. The smallest absolute Gasteiger partial charge is 0.356 e. The van der Waals surface area contributed by atoms with E-state index in [2.05, 4.69) is 15.3 Å². The van der Waals surface area contributed by atoms with Crippen molar-refractivity contribution in [3.05, 3.63) is 18.1 Å². The van der Waals surface area contributed by atoms with Crippen LogP contribution in [0.2, 0.25) is 0 Å². The number of amides is 1. The van der Waals surface area contributed by atoms with Crippen LogP contribution in [0.25, 0.3) is 0 Å². The monoisotopic (exact) mass is 280 g/mol. The summed E-state index contributed by atoms with van der Waals surface area (Å²) in [5.74, 6) is -0.875. The molecule has 108 valence electrons. The van der Waals surface area contributed by atoms with Gasteiger partial charge in [0, 0.05) is 13.1 Å². The molecule has 1 unspecified atom stereocenters. The Morgan fingerprint density at radius 3 is 2.85 bits per heavy atom. The number of piperidine rings is 1. The summed E-state index contributed by atoms with van der Waals surface area (Å²) >= 11 is 0. The maximum absolute atomic E-state index is 12.1. The van der Waals surface area contributed by atoms with Crippen molar-refractivity contribution in [3.8, 4) is 0 Å². The van der Waals surface area contributed by atoms with E-state index in [-0.39, 0.29) is 18.2 Å². The van der Waals surface area contributed by atoms with Gasteiger partial charge in [-0.15, -0.1) is 0 Å². The van der Waals surface area contributed by atoms with Gasteiger partial charge in [0.2, 0.25) is 5.91 Å². The molecule has 8 heteroatoms. The third-order valence-electron chi connectivity index (χ3n) is 3.09. The van der Waals surface area contributed by atoms with Crippen molar-refractivity contribution in [2.24, 2.45) is 0 Å². The lowest BCUT2D eigenvalue weighted by molar-refractivity contribution is -0.134. The first-order chi connectivity index (χ1) is 9.61. The highest BCUT2D eigenvalue weighted by Gasteiger charge is 2.28. The molecule has 1 fully saturated rings. The molecule has 0 spiro atoms. The maximum atomic E-state index is 12.1. The van der Waals surface area contributed by atoms with E-state index in [0.717, 1.165) is 12.6 Å². The molecule has 1 atom stereocenters. The fourth-order valence-corrected chi connectivity index (χ4v) is 2.11. The third-order valence-corrected chi connectivity index (χ3v) is 3.09. The van der Waals surface area contributed by atoms with E-state index in [4.69, 9.17) is 10.2 Å². The van der Waals surface area contributed by atoms with Crippen LogP contribution in [0.1, 0.15) is 23.3 Å². The molecule has 8 nitrogen and oxygen atoms in total. The molecule has 0 radical (unpaired) electrons. The molecular weight excluding hydrogens is 264 g/mol. The van der Waals surface area contributed by atoms with E-state index in [1.165, 1.54) is 6.20 Å². The topological polar surface area (TPSA) is 116 Å². The molecular formula is C12H16N4O4. The largest absolute Gasteiger partial charge is 0.476 e. The van der Waals surface area contributed by atoms with Crippen LogP contribution in [0.3, 0.4) is 0 Å². The lowest BCUT2D eigenvalue weighted by Crippen LogP contribution is -2.48. The van der Waals surface area contributed by atoms with Crippen molar-refractivity contribution in [1.82, 2.24) is 14.9 Å². The van der Waals surface area contributed by atoms with Gasteiger partial charge in [-0.1, -0.05) is 0 Å². The van der Waals surface area contributed by atoms with Gasteiger partial charge >= 0.3 is 5.97 Å². The zero-order valence-corrected chi connectivity index (χ0v) is 10.8. The maximum Gasteiger partial charge on any atom is 0.356 e. The molecule has 1 saturated heterocycles. The number of aliphatic hydroxyl groups is 1. The van der Waals surface area contributed by atoms with E-state index in [1.54, 1.807) is 4.90 Å². The zero-order chi connectivity index (χ0) is 14.5. The minimum absolute atomic E-state index is 0.0639. The fourth-order valence-electron chi connectivity index (χ4n) is 2.11. The number of carboxylic acid groups (broad SMARTS) is 1. The number of anilines is 1. The molecule has 0 aliphatic carbocycles. The Morgan fingerprint density at radius 1 is 1.45 bits per heavy atom. The summed E-state index contributed by atoms with van der Waals surface area (Å²) in [4.78, 5) is 32.0. The van der Waals surface area contributed by atoms with E-state index >= 15 is 0 Å². The molecule has 1 aromatic heterocycles. The Kier molecular flexibility index (Phi) is 4.46. The lowest BCUT2D eigenvalue weighted by Gasteiger charge is -2.32. The Morgan fingerprint density at radius 2 is 2.25 bits per heavy atom. The second-order valence-corrected chi connectivity index (χ2v) is 4.48. The van der Waals surface area contributed by atoms with Crippen molar-refractivity contribution < 1.29 is 19.8 Å². The van der Waals surface area contributed by atoms with E-state index in [9.17, 15) is 9.59 Å². The molecule has 2 rings (SSSR count). The summed E-state index contributed by atoms with van der Waals surface area (Å²) in [7, 11) is 0. The number of hydrogen-bond donors (Lipinski definition) is 3. The first kappa shape index (κ1) is 14.2. The van der Waals surface area contributed by atoms with Gasteiger partial charge in [0.15, 0.2) is 5.69 Å². The molecule has 1 aliphatic rings. The number of carbonyl (C=O) groups excluding carboxylic acids is 1. The molecule has 1 amide bonds. The van der Waals surface area contributed by atoms with Crippen LogP contribution in [-0.2, 0) is 4.79 Å². The van der Waals surface area contributed by atoms with Gasteiger partial charge in [0.25, 0.3) is 0 Å². The van der Waals surface area contributed by atoms with Crippen molar-refractivity contribution in [2.45, 2.75) is 18.9 Å². The molecule has 0 saturated carbocycles. The van der Waals surface area contributed by atoms with Crippen LogP contribution in [0, 0.1) is 0 Å². The predicted octanol–water partition coefficient (Wildman–Crippen LogP) is -0.430. The highest BCUT2D eigenvalue weighted by Crippen LogP contribution is 2.15. The molecule has 0 bridgehead atoms. The van der Waals surface area contributed by atoms with Gasteiger partial charge in [-0.05, 0) is 12.8 Å². The lowest BCUT2D eigenvalue weighted by atomic mass is 10.0. The van der Waals surface area contributed by atoms with E-state index in [1.807, 2.05) is 0 Å². The molecule has 2 heterocycles. The number of nitrogens with zero attached hydrogens (tertiary/aromatic N) is 3. The first-order valence-electron chi connectivity index (χ1n) is 6.33. The number of rotatable bonds is 5. The van der Waals surface area contributed by atoms with E-state index in [0.29, 0.717) is 25.3 Å². The third kappa shape index (κ3) is 3.21.